The lowest BCUT2D eigenvalue weighted by molar-refractivity contribution is -0.665. The standard InChI is InChI=1S/C6H15NO2/c1-5(8)3-7-4-6(2)9/h5-9H,3-4H2,1-2H3/p+1/t5-,6-/m1/s1. The molecule has 0 aliphatic heterocycles. The van der Waals surface area contributed by atoms with Gasteiger partial charge in [0.2, 0.25) is 0 Å². The van der Waals surface area contributed by atoms with Gasteiger partial charge in [0.15, 0.2) is 0 Å². The van der Waals surface area contributed by atoms with E-state index < -0.39 is 0 Å². The van der Waals surface area contributed by atoms with Gasteiger partial charge in [-0.3, -0.25) is 0 Å². The Morgan fingerprint density at radius 2 is 1.44 bits per heavy atom. The molecule has 0 unspecified atom stereocenters. The van der Waals surface area contributed by atoms with E-state index in [0.29, 0.717) is 13.1 Å². The third-order valence-corrected chi connectivity index (χ3v) is 1.02. The molecule has 56 valence electrons. The minimum Gasteiger partial charge on any atom is -0.388 e. The second-order valence-corrected chi connectivity index (χ2v) is 2.46. The summed E-state index contributed by atoms with van der Waals surface area (Å²) in [5.74, 6) is 0. The molecule has 4 N–H and O–H groups in total. The van der Waals surface area contributed by atoms with Gasteiger partial charge in [-0.25, -0.2) is 0 Å². The lowest BCUT2D eigenvalue weighted by Crippen LogP contribution is -2.88. The minimum atomic E-state index is -0.274. The molecular weight excluding hydrogens is 118 g/mol. The van der Waals surface area contributed by atoms with Crippen LogP contribution in [-0.2, 0) is 0 Å². The van der Waals surface area contributed by atoms with Crippen LogP contribution in [0.3, 0.4) is 0 Å². The summed E-state index contributed by atoms with van der Waals surface area (Å²) in [5, 5.41) is 19.4. The fourth-order valence-corrected chi connectivity index (χ4v) is 0.579. The Morgan fingerprint density at radius 3 is 1.67 bits per heavy atom. The summed E-state index contributed by atoms with van der Waals surface area (Å²) in [4.78, 5) is 0. The molecule has 0 aliphatic rings. The molecule has 0 saturated carbocycles. The second kappa shape index (κ2) is 4.73. The number of aliphatic hydroxyl groups is 2. The number of quaternary nitrogens is 1. The van der Waals surface area contributed by atoms with Gasteiger partial charge >= 0.3 is 0 Å². The Balaban J connectivity index is 2.91. The molecule has 0 aromatic carbocycles. The summed E-state index contributed by atoms with van der Waals surface area (Å²) in [7, 11) is 0. The van der Waals surface area contributed by atoms with Gasteiger partial charge in [-0.2, -0.15) is 0 Å². The quantitative estimate of drug-likeness (QED) is 0.430. The van der Waals surface area contributed by atoms with E-state index in [2.05, 4.69) is 0 Å². The lowest BCUT2D eigenvalue weighted by Gasteiger charge is -2.04. The van der Waals surface area contributed by atoms with Crippen LogP contribution in [0.15, 0.2) is 0 Å². The zero-order chi connectivity index (χ0) is 7.28. The van der Waals surface area contributed by atoms with Crippen LogP contribution in [0.5, 0.6) is 0 Å². The Morgan fingerprint density at radius 1 is 1.11 bits per heavy atom. The average molecular weight is 134 g/mol. The Labute approximate surface area is 55.7 Å². The van der Waals surface area contributed by atoms with Crippen LogP contribution in [-0.4, -0.2) is 35.5 Å². The van der Waals surface area contributed by atoms with Crippen LogP contribution in [0.25, 0.3) is 0 Å². The van der Waals surface area contributed by atoms with Gasteiger partial charge in [0.25, 0.3) is 0 Å². The molecule has 0 amide bonds. The number of hydrogen-bond acceptors (Lipinski definition) is 2. The highest BCUT2D eigenvalue weighted by molar-refractivity contribution is 4.39. The monoisotopic (exact) mass is 134 g/mol. The van der Waals surface area contributed by atoms with Crippen LogP contribution in [0.2, 0.25) is 0 Å². The normalized spacial score (nSPS) is 17.3. The smallest absolute Gasteiger partial charge is 0.102 e. The van der Waals surface area contributed by atoms with Crippen LogP contribution < -0.4 is 5.32 Å². The highest BCUT2D eigenvalue weighted by atomic mass is 16.3. The molecule has 0 bridgehead atoms. The summed E-state index contributed by atoms with van der Waals surface area (Å²) >= 11 is 0. The van der Waals surface area contributed by atoms with Gasteiger partial charge in [0, 0.05) is 0 Å². The van der Waals surface area contributed by atoms with E-state index in [9.17, 15) is 0 Å². The largest absolute Gasteiger partial charge is 0.388 e. The van der Waals surface area contributed by atoms with E-state index >= 15 is 0 Å². The maximum atomic E-state index is 8.75. The molecule has 9 heavy (non-hydrogen) atoms. The van der Waals surface area contributed by atoms with Crippen molar-refractivity contribution in [3.63, 3.8) is 0 Å². The molecule has 3 nitrogen and oxygen atoms in total. The Hall–Kier alpha value is -0.120. The first-order valence-electron chi connectivity index (χ1n) is 3.30. The van der Waals surface area contributed by atoms with Crippen molar-refractivity contribution in [1.29, 1.82) is 0 Å². The third-order valence-electron chi connectivity index (χ3n) is 1.02. The van der Waals surface area contributed by atoms with Gasteiger partial charge in [-0.05, 0) is 13.8 Å². The van der Waals surface area contributed by atoms with Crippen molar-refractivity contribution in [1.82, 2.24) is 0 Å². The molecule has 0 aliphatic carbocycles. The van der Waals surface area contributed by atoms with E-state index in [-0.39, 0.29) is 12.2 Å². The van der Waals surface area contributed by atoms with E-state index in [1.807, 2.05) is 5.32 Å². The van der Waals surface area contributed by atoms with Crippen molar-refractivity contribution < 1.29 is 15.5 Å². The predicted octanol–water partition coefficient (Wildman–Crippen LogP) is -1.69. The van der Waals surface area contributed by atoms with Crippen molar-refractivity contribution in [2.45, 2.75) is 26.1 Å². The number of aliphatic hydroxyl groups excluding tert-OH is 2. The molecule has 0 saturated heterocycles. The predicted molar refractivity (Wildman–Crippen MR) is 35.0 cm³/mol. The molecule has 0 aromatic heterocycles. The molecule has 0 spiro atoms. The highest BCUT2D eigenvalue weighted by Gasteiger charge is 1.99. The molecule has 2 atom stereocenters. The molecule has 0 fully saturated rings. The number of nitrogens with two attached hydrogens (primary N) is 1. The van der Waals surface area contributed by atoms with Crippen molar-refractivity contribution >= 4 is 0 Å². The van der Waals surface area contributed by atoms with Crippen molar-refractivity contribution in [2.24, 2.45) is 0 Å². The molecule has 0 rings (SSSR count). The summed E-state index contributed by atoms with van der Waals surface area (Å²) in [6.45, 7) is 4.81. The topological polar surface area (TPSA) is 57.1 Å². The fourth-order valence-electron chi connectivity index (χ4n) is 0.579. The van der Waals surface area contributed by atoms with E-state index in [0.717, 1.165) is 0 Å². The molecule has 0 aromatic rings. The van der Waals surface area contributed by atoms with Gasteiger partial charge in [-0.1, -0.05) is 0 Å². The summed E-state index contributed by atoms with van der Waals surface area (Å²) < 4.78 is 0. The molecule has 0 heterocycles. The number of rotatable bonds is 4. The van der Waals surface area contributed by atoms with Gasteiger partial charge < -0.3 is 15.5 Å². The van der Waals surface area contributed by atoms with E-state index in [1.165, 1.54) is 0 Å². The van der Waals surface area contributed by atoms with Crippen molar-refractivity contribution in [2.75, 3.05) is 13.1 Å². The number of hydrogen-bond donors (Lipinski definition) is 3. The van der Waals surface area contributed by atoms with E-state index in [4.69, 9.17) is 10.2 Å². The van der Waals surface area contributed by atoms with Crippen molar-refractivity contribution in [3.05, 3.63) is 0 Å². The van der Waals surface area contributed by atoms with Crippen molar-refractivity contribution in [3.8, 4) is 0 Å². The first-order chi connectivity index (χ1) is 4.13. The summed E-state index contributed by atoms with van der Waals surface area (Å²) in [6, 6.07) is 0. The first-order valence-corrected chi connectivity index (χ1v) is 3.30. The van der Waals surface area contributed by atoms with Gasteiger partial charge in [0.1, 0.15) is 13.1 Å². The lowest BCUT2D eigenvalue weighted by atomic mass is 10.3. The van der Waals surface area contributed by atoms with Crippen LogP contribution in [0.1, 0.15) is 13.8 Å². The third kappa shape index (κ3) is 7.88. The minimum absolute atomic E-state index is 0.274. The fraction of sp³-hybridized carbons (Fsp3) is 1.00. The summed E-state index contributed by atoms with van der Waals surface area (Å²) in [6.07, 6.45) is -0.549. The highest BCUT2D eigenvalue weighted by Crippen LogP contribution is 1.70. The first kappa shape index (κ1) is 8.88. The zero-order valence-electron chi connectivity index (χ0n) is 6.04. The zero-order valence-corrected chi connectivity index (χ0v) is 6.04. The van der Waals surface area contributed by atoms with Gasteiger partial charge in [-0.15, -0.1) is 0 Å². The average Bonchev–Trinajstić information content (AvgIpc) is 1.63. The molecular formula is C6H16NO2+. The SMILES string of the molecule is C[C@@H](O)C[NH2+]C[C@@H](C)O. The molecule has 3 heteroatoms. The van der Waals surface area contributed by atoms with E-state index in [1.54, 1.807) is 13.8 Å². The van der Waals surface area contributed by atoms with Crippen LogP contribution >= 0.6 is 0 Å². The van der Waals surface area contributed by atoms with Gasteiger partial charge in [0.05, 0.1) is 12.2 Å². The van der Waals surface area contributed by atoms with Crippen LogP contribution in [0, 0.1) is 0 Å². The van der Waals surface area contributed by atoms with Crippen LogP contribution in [0.4, 0.5) is 0 Å². The summed E-state index contributed by atoms with van der Waals surface area (Å²) in [5.41, 5.74) is 0. The Kier molecular flexibility index (Phi) is 4.67. The second-order valence-electron chi connectivity index (χ2n) is 2.46. The molecule has 0 radical (unpaired) electrons. The maximum Gasteiger partial charge on any atom is 0.102 e. The maximum absolute atomic E-state index is 8.75. The Bertz CT molecular complexity index is 56.1.